The monoisotopic (exact) mass is 596 g/mol. The highest BCUT2D eigenvalue weighted by atomic mass is 16.5. The summed E-state index contributed by atoms with van der Waals surface area (Å²) in [6, 6.07) is 9.39. The van der Waals surface area contributed by atoms with E-state index in [1.165, 1.54) is 12.0 Å². The molecule has 4 saturated heterocycles. The molecule has 0 saturated carbocycles. The molecule has 3 aromatic heterocycles. The van der Waals surface area contributed by atoms with Gasteiger partial charge in [0.05, 0.1) is 43.8 Å². The number of allylic oxidation sites excluding steroid dienone is 2. The van der Waals surface area contributed by atoms with Gasteiger partial charge in [0.1, 0.15) is 24.2 Å². The van der Waals surface area contributed by atoms with E-state index >= 15 is 0 Å². The van der Waals surface area contributed by atoms with Crippen LogP contribution >= 0.6 is 0 Å². The fraction of sp³-hybridized carbons (Fsp3) is 0.455. The van der Waals surface area contributed by atoms with E-state index in [9.17, 15) is 5.26 Å². The molecule has 0 radical (unpaired) electrons. The quantitative estimate of drug-likeness (QED) is 0.186. The summed E-state index contributed by atoms with van der Waals surface area (Å²) in [7, 11) is 1.60. The van der Waals surface area contributed by atoms with Gasteiger partial charge in [0.25, 0.3) is 0 Å². The van der Waals surface area contributed by atoms with Crippen LogP contribution in [0.3, 0.4) is 0 Å². The first-order valence-electron chi connectivity index (χ1n) is 15.3. The zero-order chi connectivity index (χ0) is 30.5. The number of piperidine rings is 2. The highest BCUT2D eigenvalue weighted by Gasteiger charge is 2.39. The molecular formula is C33H40N8O3. The Balaban J connectivity index is 1.16. The molecule has 0 spiro atoms. The Morgan fingerprint density at radius 2 is 2.02 bits per heavy atom. The normalized spacial score (nSPS) is 21.4. The number of morpholine rings is 1. The molecule has 0 N–H and O–H groups in total. The number of nitriles is 1. The summed E-state index contributed by atoms with van der Waals surface area (Å²) < 4.78 is 18.5. The van der Waals surface area contributed by atoms with Gasteiger partial charge >= 0.3 is 0 Å². The zero-order valence-electron chi connectivity index (χ0n) is 25.6. The van der Waals surface area contributed by atoms with E-state index in [0.29, 0.717) is 35.9 Å². The standard InChI is InChI=1S/C33H40N8O3/c1-24(4-9-32(35-2)42-3)20-39-21-28-7-6-27(39)22-40(28)31-8-5-25(18-36-31)30-16-29(23-41-33(30)26(17-34)19-37-41)44-15-12-38-10-13-43-14-11-38/h4-5,8-9,16,18-19,23,27-28H,2,6-7,10-15,20-22H2,1,3H3/b24-4+,32-9+. The molecule has 0 aromatic carbocycles. The number of pyridine rings is 2. The second kappa shape index (κ2) is 13.6. The first kappa shape index (κ1) is 29.8. The smallest absolute Gasteiger partial charge is 0.212 e. The number of rotatable bonds is 11. The van der Waals surface area contributed by atoms with Crippen LogP contribution < -0.4 is 9.64 Å². The Hall–Kier alpha value is -4.24. The molecule has 2 bridgehead atoms. The molecule has 4 aliphatic heterocycles. The van der Waals surface area contributed by atoms with Crippen molar-refractivity contribution in [2.75, 3.05) is 71.1 Å². The molecule has 7 heterocycles. The van der Waals surface area contributed by atoms with E-state index in [-0.39, 0.29) is 0 Å². The van der Waals surface area contributed by atoms with Crippen LogP contribution in [0.2, 0.25) is 0 Å². The van der Waals surface area contributed by atoms with Gasteiger partial charge in [0, 0.05) is 74.8 Å². The van der Waals surface area contributed by atoms with Crippen LogP contribution in [-0.2, 0) is 9.47 Å². The summed E-state index contributed by atoms with van der Waals surface area (Å²) in [5.41, 5.74) is 4.36. The van der Waals surface area contributed by atoms with Crippen LogP contribution in [0.4, 0.5) is 5.82 Å². The second-order valence-corrected chi connectivity index (χ2v) is 11.6. The topological polar surface area (TPSA) is 104 Å². The summed E-state index contributed by atoms with van der Waals surface area (Å²) in [4.78, 5) is 16.2. The number of aliphatic imine (C=N–C) groups is 1. The van der Waals surface area contributed by atoms with E-state index < -0.39 is 0 Å². The molecule has 7 rings (SSSR count). The molecule has 4 aliphatic rings. The molecular weight excluding hydrogens is 556 g/mol. The predicted octanol–water partition coefficient (Wildman–Crippen LogP) is 3.77. The minimum absolute atomic E-state index is 0.418. The van der Waals surface area contributed by atoms with Crippen molar-refractivity contribution in [3.05, 3.63) is 66.0 Å². The lowest BCUT2D eigenvalue weighted by Gasteiger charge is -2.52. The third kappa shape index (κ3) is 6.48. The van der Waals surface area contributed by atoms with Gasteiger partial charge in [-0.05, 0) is 44.7 Å². The highest BCUT2D eigenvalue weighted by Crippen LogP contribution is 2.35. The van der Waals surface area contributed by atoms with Crippen LogP contribution in [0.1, 0.15) is 25.3 Å². The molecule has 3 aromatic rings. The van der Waals surface area contributed by atoms with E-state index in [0.717, 1.165) is 81.4 Å². The fourth-order valence-corrected chi connectivity index (χ4v) is 6.47. The third-order valence-electron chi connectivity index (χ3n) is 8.81. The number of methoxy groups -OCH3 is 1. The molecule has 0 amide bonds. The molecule has 11 heteroatoms. The molecule has 4 fully saturated rings. The van der Waals surface area contributed by atoms with Crippen LogP contribution in [-0.4, -0.2) is 109 Å². The lowest BCUT2D eigenvalue weighted by atomic mass is 9.90. The van der Waals surface area contributed by atoms with Crippen LogP contribution in [0, 0.1) is 11.3 Å². The van der Waals surface area contributed by atoms with Crippen molar-refractivity contribution in [3.63, 3.8) is 0 Å². The van der Waals surface area contributed by atoms with Crippen LogP contribution in [0.5, 0.6) is 5.75 Å². The number of aromatic nitrogens is 3. The molecule has 44 heavy (non-hydrogen) atoms. The van der Waals surface area contributed by atoms with E-state index in [4.69, 9.17) is 19.2 Å². The number of nitrogens with zero attached hydrogens (tertiary/aromatic N) is 8. The van der Waals surface area contributed by atoms with Gasteiger partial charge in [-0.25, -0.2) is 14.5 Å². The SMILES string of the molecule is C=N/C(=C\C=C(/C)CN1CC2CCC1CN2c1ccc(-c2cc(OCCN3CCOCC3)cn3ncc(C#N)c23)cn1)OC. The number of piperazine rings is 1. The van der Waals surface area contributed by atoms with Crippen molar-refractivity contribution in [2.24, 2.45) is 4.99 Å². The summed E-state index contributed by atoms with van der Waals surface area (Å²) >= 11 is 0. The van der Waals surface area contributed by atoms with Crippen molar-refractivity contribution < 1.29 is 14.2 Å². The summed E-state index contributed by atoms with van der Waals surface area (Å²) in [6.07, 6.45) is 11.6. The number of hydrogen-bond donors (Lipinski definition) is 0. The summed E-state index contributed by atoms with van der Waals surface area (Å²) in [5, 5.41) is 14.2. The predicted molar refractivity (Wildman–Crippen MR) is 170 cm³/mol. The third-order valence-corrected chi connectivity index (χ3v) is 8.81. The lowest BCUT2D eigenvalue weighted by Crippen LogP contribution is -2.63. The molecule has 0 aliphatic carbocycles. The fourth-order valence-electron chi connectivity index (χ4n) is 6.47. The Morgan fingerprint density at radius 3 is 2.73 bits per heavy atom. The first-order valence-corrected chi connectivity index (χ1v) is 15.3. The Kier molecular flexibility index (Phi) is 9.21. The average molecular weight is 597 g/mol. The second-order valence-electron chi connectivity index (χ2n) is 11.6. The van der Waals surface area contributed by atoms with Gasteiger partial charge < -0.3 is 19.1 Å². The Morgan fingerprint density at radius 1 is 1.18 bits per heavy atom. The van der Waals surface area contributed by atoms with Crippen LogP contribution in [0.25, 0.3) is 16.6 Å². The van der Waals surface area contributed by atoms with Crippen molar-refractivity contribution >= 4 is 18.1 Å². The van der Waals surface area contributed by atoms with Gasteiger partial charge in [-0.1, -0.05) is 11.6 Å². The first-order chi connectivity index (χ1) is 21.6. The number of ether oxygens (including phenoxy) is 3. The summed E-state index contributed by atoms with van der Waals surface area (Å²) in [5.74, 6) is 2.22. The maximum absolute atomic E-state index is 9.78. The number of anilines is 1. The minimum atomic E-state index is 0.418. The van der Waals surface area contributed by atoms with Gasteiger partial charge in [-0.3, -0.25) is 9.80 Å². The maximum atomic E-state index is 9.78. The van der Waals surface area contributed by atoms with E-state index in [1.54, 1.807) is 17.8 Å². The minimum Gasteiger partial charge on any atom is -0.491 e. The number of fused-ring (bicyclic) bond motifs is 4. The van der Waals surface area contributed by atoms with Gasteiger partial charge in [0.15, 0.2) is 0 Å². The maximum Gasteiger partial charge on any atom is 0.212 e. The van der Waals surface area contributed by atoms with Crippen molar-refractivity contribution in [1.29, 1.82) is 5.26 Å². The highest BCUT2D eigenvalue weighted by molar-refractivity contribution is 5.85. The van der Waals surface area contributed by atoms with Crippen LogP contribution in [0.15, 0.2) is 65.4 Å². The summed E-state index contributed by atoms with van der Waals surface area (Å²) in [6.45, 7) is 13.3. The largest absolute Gasteiger partial charge is 0.491 e. The molecule has 230 valence electrons. The van der Waals surface area contributed by atoms with E-state index in [1.807, 2.05) is 24.5 Å². The van der Waals surface area contributed by atoms with E-state index in [2.05, 4.69) is 62.7 Å². The van der Waals surface area contributed by atoms with Crippen molar-refractivity contribution in [2.45, 2.75) is 31.8 Å². The average Bonchev–Trinajstić information content (AvgIpc) is 3.49. The van der Waals surface area contributed by atoms with Gasteiger partial charge in [-0.15, -0.1) is 0 Å². The lowest BCUT2D eigenvalue weighted by molar-refractivity contribution is 0.0322. The zero-order valence-corrected chi connectivity index (χ0v) is 25.6. The molecule has 11 nitrogen and oxygen atoms in total. The Labute approximate surface area is 258 Å². The Bertz CT molecular complexity index is 1570. The van der Waals surface area contributed by atoms with Gasteiger partial charge in [-0.2, -0.15) is 10.4 Å². The van der Waals surface area contributed by atoms with Crippen molar-refractivity contribution in [3.8, 4) is 22.9 Å². The number of hydrogen-bond acceptors (Lipinski definition) is 10. The molecule has 2 unspecified atom stereocenters. The molecule has 2 atom stereocenters. The van der Waals surface area contributed by atoms with Crippen molar-refractivity contribution in [1.82, 2.24) is 24.4 Å². The van der Waals surface area contributed by atoms with Gasteiger partial charge in [0.2, 0.25) is 5.88 Å².